The van der Waals surface area contributed by atoms with Gasteiger partial charge in [-0.2, -0.15) is 0 Å². The maximum Gasteiger partial charge on any atom is 0.341 e. The quantitative estimate of drug-likeness (QED) is 0.777. The zero-order chi connectivity index (χ0) is 12.3. The van der Waals surface area contributed by atoms with Gasteiger partial charge in [0.1, 0.15) is 10.6 Å². The Morgan fingerprint density at radius 1 is 1.44 bits per heavy atom. The molecule has 0 spiro atoms. The summed E-state index contributed by atoms with van der Waals surface area (Å²) >= 11 is 5.77. The van der Waals surface area contributed by atoms with Crippen molar-refractivity contribution in [1.82, 2.24) is 0 Å². The number of benzene rings is 1. The Bertz CT molecular complexity index is 445. The number of hydrogen-bond donors (Lipinski definition) is 2. The first-order chi connectivity index (χ1) is 7.47. The van der Waals surface area contributed by atoms with Crippen LogP contribution >= 0.6 is 11.6 Å². The Hall–Kier alpha value is -1.75. The number of hydrogen-bond acceptors (Lipinski definition) is 4. The number of phenolic OH excluding ortho intramolecular Hbond substituents is 1. The molecule has 6 heteroatoms. The molecule has 0 radical (unpaired) electrons. The zero-order valence-electron chi connectivity index (χ0n) is 8.70. The number of anilines is 1. The number of rotatable bonds is 2. The van der Waals surface area contributed by atoms with E-state index in [0.717, 1.165) is 0 Å². The van der Waals surface area contributed by atoms with Crippen molar-refractivity contribution in [2.75, 3.05) is 12.4 Å². The van der Waals surface area contributed by atoms with Crippen molar-refractivity contribution < 1.29 is 19.4 Å². The Labute approximate surface area is 97.0 Å². The summed E-state index contributed by atoms with van der Waals surface area (Å²) in [6, 6.07) is 2.73. The van der Waals surface area contributed by atoms with Gasteiger partial charge in [-0.1, -0.05) is 11.6 Å². The molecule has 2 N–H and O–H groups in total. The molecule has 0 aliphatic heterocycles. The summed E-state index contributed by atoms with van der Waals surface area (Å²) in [5.41, 5.74) is 0.181. The Kier molecular flexibility index (Phi) is 3.73. The van der Waals surface area contributed by atoms with Crippen LogP contribution in [-0.2, 0) is 9.53 Å². The van der Waals surface area contributed by atoms with Gasteiger partial charge in [-0.3, -0.25) is 4.79 Å². The number of ether oxygens (including phenoxy) is 1. The number of aromatic hydroxyl groups is 1. The predicted octanol–water partition coefficient (Wildman–Crippen LogP) is 1.79. The van der Waals surface area contributed by atoms with Crippen LogP contribution in [0.5, 0.6) is 5.75 Å². The average Bonchev–Trinajstić information content (AvgIpc) is 2.23. The van der Waals surface area contributed by atoms with Crippen LogP contribution in [0.4, 0.5) is 5.69 Å². The maximum absolute atomic E-state index is 11.2. The van der Waals surface area contributed by atoms with Gasteiger partial charge in [0.15, 0.2) is 5.75 Å². The number of carbonyl (C=O) groups excluding carboxylic acids is 2. The Balaban J connectivity index is 3.17. The summed E-state index contributed by atoms with van der Waals surface area (Å²) in [6.45, 7) is 1.31. The molecule has 0 heterocycles. The fourth-order valence-electron chi connectivity index (χ4n) is 1.13. The van der Waals surface area contributed by atoms with E-state index in [1.165, 1.54) is 26.2 Å². The number of amides is 1. The second-order valence-electron chi connectivity index (χ2n) is 3.00. The highest BCUT2D eigenvalue weighted by atomic mass is 35.5. The molecule has 0 aromatic heterocycles. The lowest BCUT2D eigenvalue weighted by molar-refractivity contribution is -0.114. The van der Waals surface area contributed by atoms with Gasteiger partial charge in [0.05, 0.1) is 12.8 Å². The minimum Gasteiger partial charge on any atom is -0.505 e. The van der Waals surface area contributed by atoms with E-state index in [4.69, 9.17) is 11.6 Å². The van der Waals surface area contributed by atoms with Gasteiger partial charge in [0.2, 0.25) is 5.91 Å². The summed E-state index contributed by atoms with van der Waals surface area (Å²) < 4.78 is 4.45. The van der Waals surface area contributed by atoms with Gasteiger partial charge in [0.25, 0.3) is 0 Å². The first-order valence-corrected chi connectivity index (χ1v) is 4.72. The smallest absolute Gasteiger partial charge is 0.341 e. The molecule has 86 valence electrons. The summed E-state index contributed by atoms with van der Waals surface area (Å²) in [5, 5.41) is 11.9. The van der Waals surface area contributed by atoms with Crippen molar-refractivity contribution in [2.24, 2.45) is 0 Å². The summed E-state index contributed by atoms with van der Waals surface area (Å²) in [7, 11) is 1.19. The second kappa shape index (κ2) is 4.85. The van der Waals surface area contributed by atoms with Crippen LogP contribution in [0.25, 0.3) is 0 Å². The molecule has 16 heavy (non-hydrogen) atoms. The average molecular weight is 244 g/mol. The molecule has 1 amide bonds. The molecule has 0 saturated heterocycles. The number of methoxy groups -OCH3 is 1. The first-order valence-electron chi connectivity index (χ1n) is 4.34. The van der Waals surface area contributed by atoms with E-state index in [1.54, 1.807) is 0 Å². The topological polar surface area (TPSA) is 75.6 Å². The van der Waals surface area contributed by atoms with Crippen LogP contribution < -0.4 is 5.32 Å². The van der Waals surface area contributed by atoms with Gasteiger partial charge < -0.3 is 15.2 Å². The summed E-state index contributed by atoms with van der Waals surface area (Å²) in [5.74, 6) is -1.44. The number of phenols is 1. The fraction of sp³-hybridized carbons (Fsp3) is 0.200. The minimum absolute atomic E-state index is 0.0541. The van der Waals surface area contributed by atoms with Gasteiger partial charge in [0, 0.05) is 6.92 Å². The van der Waals surface area contributed by atoms with Crippen LogP contribution in [0.15, 0.2) is 12.1 Å². The molecule has 0 unspecified atom stereocenters. The van der Waals surface area contributed by atoms with E-state index >= 15 is 0 Å². The number of carbonyl (C=O) groups is 2. The van der Waals surface area contributed by atoms with E-state index in [0.29, 0.717) is 0 Å². The molecule has 1 rings (SSSR count). The second-order valence-corrected chi connectivity index (χ2v) is 3.37. The molecular weight excluding hydrogens is 234 g/mol. The highest BCUT2D eigenvalue weighted by molar-refractivity contribution is 6.35. The van der Waals surface area contributed by atoms with Crippen molar-refractivity contribution in [3.8, 4) is 5.75 Å². The third-order valence-electron chi connectivity index (χ3n) is 1.83. The standard InChI is InChI=1S/C10H10ClNO4/c1-5(13)12-7-4-3-6(10(15)16-2)9(14)8(7)11/h3-4,14H,1-2H3,(H,12,13). The monoisotopic (exact) mass is 243 g/mol. The lowest BCUT2D eigenvalue weighted by atomic mass is 10.2. The minimum atomic E-state index is -0.700. The lowest BCUT2D eigenvalue weighted by Crippen LogP contribution is -2.08. The van der Waals surface area contributed by atoms with Crippen molar-refractivity contribution >= 4 is 29.2 Å². The highest BCUT2D eigenvalue weighted by Gasteiger charge is 2.17. The number of halogens is 1. The molecule has 0 aliphatic rings. The zero-order valence-corrected chi connectivity index (χ0v) is 9.46. The van der Waals surface area contributed by atoms with Crippen LogP contribution in [0, 0.1) is 0 Å². The SMILES string of the molecule is COC(=O)c1ccc(NC(C)=O)c(Cl)c1O. The third-order valence-corrected chi connectivity index (χ3v) is 2.21. The highest BCUT2D eigenvalue weighted by Crippen LogP contribution is 2.34. The molecular formula is C10H10ClNO4. The van der Waals surface area contributed by atoms with E-state index < -0.39 is 11.7 Å². The van der Waals surface area contributed by atoms with E-state index in [2.05, 4.69) is 10.1 Å². The third kappa shape index (κ3) is 2.43. The molecule has 0 bridgehead atoms. The molecule has 0 atom stereocenters. The summed E-state index contributed by atoms with van der Waals surface area (Å²) in [6.07, 6.45) is 0. The number of esters is 1. The Morgan fingerprint density at radius 3 is 2.56 bits per heavy atom. The molecule has 0 aliphatic carbocycles. The van der Waals surface area contributed by atoms with Crippen molar-refractivity contribution in [2.45, 2.75) is 6.92 Å². The molecule has 1 aromatic carbocycles. The predicted molar refractivity (Wildman–Crippen MR) is 58.8 cm³/mol. The molecule has 0 fully saturated rings. The van der Waals surface area contributed by atoms with Gasteiger partial charge >= 0.3 is 5.97 Å². The van der Waals surface area contributed by atoms with Crippen molar-refractivity contribution in [3.63, 3.8) is 0 Å². The Morgan fingerprint density at radius 2 is 2.06 bits per heavy atom. The van der Waals surface area contributed by atoms with E-state index in [-0.39, 0.29) is 22.2 Å². The van der Waals surface area contributed by atoms with E-state index in [9.17, 15) is 14.7 Å². The fourth-order valence-corrected chi connectivity index (χ4v) is 1.34. The largest absolute Gasteiger partial charge is 0.505 e. The van der Waals surface area contributed by atoms with Crippen molar-refractivity contribution in [3.05, 3.63) is 22.7 Å². The number of nitrogens with one attached hydrogen (secondary N) is 1. The molecule has 0 saturated carbocycles. The van der Waals surface area contributed by atoms with Gasteiger partial charge in [-0.25, -0.2) is 4.79 Å². The lowest BCUT2D eigenvalue weighted by Gasteiger charge is -2.09. The molecule has 5 nitrogen and oxygen atoms in total. The van der Waals surface area contributed by atoms with Crippen LogP contribution in [0.1, 0.15) is 17.3 Å². The van der Waals surface area contributed by atoms with Crippen LogP contribution in [-0.4, -0.2) is 24.1 Å². The van der Waals surface area contributed by atoms with Crippen molar-refractivity contribution in [1.29, 1.82) is 0 Å². The summed E-state index contributed by atoms with van der Waals surface area (Å²) in [4.78, 5) is 22.0. The van der Waals surface area contributed by atoms with Crippen LogP contribution in [0.3, 0.4) is 0 Å². The van der Waals surface area contributed by atoms with E-state index in [1.807, 2.05) is 0 Å². The van der Waals surface area contributed by atoms with Gasteiger partial charge in [-0.15, -0.1) is 0 Å². The normalized spacial score (nSPS) is 9.69. The molecule has 1 aromatic rings. The van der Waals surface area contributed by atoms with Crippen LogP contribution in [0.2, 0.25) is 5.02 Å². The first kappa shape index (κ1) is 12.3. The van der Waals surface area contributed by atoms with Gasteiger partial charge in [-0.05, 0) is 12.1 Å². The maximum atomic E-state index is 11.2.